The molecule has 0 fully saturated rings. The standard InChI is InChI=1S/C18H18ClN3O4S/c1-20-17(24)15-11-5-3-2-4-6-14(11)27-18(15)21-16(23)12-9-10(22(25)26)7-8-13(12)19/h7-9H,2-6H2,1H3,(H,20,24)(H,21,23). The molecule has 0 spiro atoms. The molecule has 1 aromatic carbocycles. The van der Waals surface area contributed by atoms with E-state index < -0.39 is 10.8 Å². The second-order valence-electron chi connectivity index (χ2n) is 6.22. The maximum absolute atomic E-state index is 12.7. The van der Waals surface area contributed by atoms with Gasteiger partial charge in [0.25, 0.3) is 17.5 Å². The fourth-order valence-corrected chi connectivity index (χ4v) is 4.65. The number of nitro groups is 1. The Bertz CT molecular complexity index is 926. The van der Waals surface area contributed by atoms with Gasteiger partial charge < -0.3 is 10.6 Å². The normalized spacial score (nSPS) is 13.4. The van der Waals surface area contributed by atoms with Gasteiger partial charge in [-0.15, -0.1) is 11.3 Å². The number of nitrogens with zero attached hydrogens (tertiary/aromatic N) is 1. The Morgan fingerprint density at radius 3 is 2.63 bits per heavy atom. The Kier molecular flexibility index (Phi) is 5.76. The summed E-state index contributed by atoms with van der Waals surface area (Å²) in [5, 5.41) is 16.9. The molecule has 0 aliphatic heterocycles. The molecule has 27 heavy (non-hydrogen) atoms. The Morgan fingerprint density at radius 2 is 1.93 bits per heavy atom. The highest BCUT2D eigenvalue weighted by molar-refractivity contribution is 7.17. The van der Waals surface area contributed by atoms with E-state index in [-0.39, 0.29) is 22.2 Å². The molecule has 3 rings (SSSR count). The van der Waals surface area contributed by atoms with Gasteiger partial charge in [0.1, 0.15) is 5.00 Å². The van der Waals surface area contributed by atoms with E-state index in [0.29, 0.717) is 10.6 Å². The monoisotopic (exact) mass is 407 g/mol. The van der Waals surface area contributed by atoms with Crippen LogP contribution < -0.4 is 10.6 Å². The minimum absolute atomic E-state index is 0.00248. The third kappa shape index (κ3) is 3.96. The van der Waals surface area contributed by atoms with Gasteiger partial charge in [0, 0.05) is 24.1 Å². The molecule has 0 unspecified atom stereocenters. The van der Waals surface area contributed by atoms with Crippen molar-refractivity contribution in [3.05, 3.63) is 54.9 Å². The lowest BCUT2D eigenvalue weighted by Crippen LogP contribution is -2.21. The summed E-state index contributed by atoms with van der Waals surface area (Å²) in [6.07, 6.45) is 4.82. The largest absolute Gasteiger partial charge is 0.355 e. The first-order valence-electron chi connectivity index (χ1n) is 8.54. The zero-order valence-electron chi connectivity index (χ0n) is 14.6. The van der Waals surface area contributed by atoms with Gasteiger partial charge in [-0.2, -0.15) is 0 Å². The number of amides is 2. The lowest BCUT2D eigenvalue weighted by molar-refractivity contribution is -0.384. The van der Waals surface area contributed by atoms with Gasteiger partial charge in [-0.3, -0.25) is 19.7 Å². The quantitative estimate of drug-likeness (QED) is 0.450. The van der Waals surface area contributed by atoms with E-state index in [9.17, 15) is 19.7 Å². The van der Waals surface area contributed by atoms with Crippen LogP contribution in [0.2, 0.25) is 5.02 Å². The first-order valence-corrected chi connectivity index (χ1v) is 9.73. The predicted molar refractivity (Wildman–Crippen MR) is 105 cm³/mol. The van der Waals surface area contributed by atoms with Crippen LogP contribution in [-0.4, -0.2) is 23.8 Å². The predicted octanol–water partition coefficient (Wildman–Crippen LogP) is 4.19. The summed E-state index contributed by atoms with van der Waals surface area (Å²) in [4.78, 5) is 36.6. The van der Waals surface area contributed by atoms with E-state index in [1.54, 1.807) is 7.05 Å². The topological polar surface area (TPSA) is 101 Å². The van der Waals surface area contributed by atoms with Crippen LogP contribution in [0.5, 0.6) is 0 Å². The molecule has 2 aromatic rings. The van der Waals surface area contributed by atoms with Gasteiger partial charge in [0.2, 0.25) is 0 Å². The molecule has 142 valence electrons. The van der Waals surface area contributed by atoms with Crippen LogP contribution in [0, 0.1) is 10.1 Å². The first kappa shape index (κ1) is 19.3. The summed E-state index contributed by atoms with van der Waals surface area (Å²) < 4.78 is 0. The first-order chi connectivity index (χ1) is 12.9. The van der Waals surface area contributed by atoms with Crippen molar-refractivity contribution in [3.8, 4) is 0 Å². The van der Waals surface area contributed by atoms with Gasteiger partial charge in [0.05, 0.1) is 21.1 Å². The summed E-state index contributed by atoms with van der Waals surface area (Å²) in [5.74, 6) is -0.833. The Morgan fingerprint density at radius 1 is 1.19 bits per heavy atom. The SMILES string of the molecule is CNC(=O)c1c(NC(=O)c2cc([N+](=O)[O-])ccc2Cl)sc2c1CCCCC2. The molecular formula is C18H18ClN3O4S. The summed E-state index contributed by atoms with van der Waals surface area (Å²) >= 11 is 7.44. The van der Waals surface area contributed by atoms with Gasteiger partial charge >= 0.3 is 0 Å². The molecule has 0 bridgehead atoms. The highest BCUT2D eigenvalue weighted by Crippen LogP contribution is 2.38. The van der Waals surface area contributed by atoms with E-state index in [1.165, 1.54) is 23.5 Å². The lowest BCUT2D eigenvalue weighted by Gasteiger charge is -2.09. The number of nitro benzene ring substituents is 1. The fourth-order valence-electron chi connectivity index (χ4n) is 3.17. The highest BCUT2D eigenvalue weighted by atomic mass is 35.5. The van der Waals surface area contributed by atoms with Crippen molar-refractivity contribution in [2.45, 2.75) is 32.1 Å². The Labute approximate surface area is 164 Å². The molecular weight excluding hydrogens is 390 g/mol. The van der Waals surface area contributed by atoms with Crippen molar-refractivity contribution >= 4 is 45.4 Å². The highest BCUT2D eigenvalue weighted by Gasteiger charge is 2.26. The number of anilines is 1. The summed E-state index contributed by atoms with van der Waals surface area (Å²) in [6, 6.07) is 3.69. The molecule has 9 heteroatoms. The van der Waals surface area contributed by atoms with E-state index in [0.717, 1.165) is 48.6 Å². The van der Waals surface area contributed by atoms with Crippen LogP contribution in [0.4, 0.5) is 10.7 Å². The molecule has 0 saturated heterocycles. The van der Waals surface area contributed by atoms with Gasteiger partial charge in [-0.1, -0.05) is 18.0 Å². The number of benzene rings is 1. The molecule has 1 heterocycles. The maximum Gasteiger partial charge on any atom is 0.270 e. The summed E-state index contributed by atoms with van der Waals surface area (Å²) in [5.41, 5.74) is 1.24. The van der Waals surface area contributed by atoms with Gasteiger partial charge in [-0.05, 0) is 37.3 Å². The van der Waals surface area contributed by atoms with Crippen LogP contribution >= 0.6 is 22.9 Å². The number of thiophene rings is 1. The smallest absolute Gasteiger partial charge is 0.270 e. The molecule has 0 saturated carbocycles. The number of rotatable bonds is 4. The second-order valence-corrected chi connectivity index (χ2v) is 7.74. The van der Waals surface area contributed by atoms with Crippen molar-refractivity contribution in [3.63, 3.8) is 0 Å². The molecule has 1 aromatic heterocycles. The molecule has 0 atom stereocenters. The van der Waals surface area contributed by atoms with Crippen LogP contribution in [0.1, 0.15) is 50.4 Å². The number of halogens is 1. The van der Waals surface area contributed by atoms with Crippen molar-refractivity contribution in [2.24, 2.45) is 0 Å². The van der Waals surface area contributed by atoms with Gasteiger partial charge in [-0.25, -0.2) is 0 Å². The van der Waals surface area contributed by atoms with E-state index >= 15 is 0 Å². The molecule has 1 aliphatic rings. The molecule has 7 nitrogen and oxygen atoms in total. The lowest BCUT2D eigenvalue weighted by atomic mass is 10.0. The van der Waals surface area contributed by atoms with Crippen LogP contribution in [-0.2, 0) is 12.8 Å². The average Bonchev–Trinajstić information content (AvgIpc) is 2.82. The maximum atomic E-state index is 12.7. The third-order valence-electron chi connectivity index (χ3n) is 4.51. The van der Waals surface area contributed by atoms with Crippen molar-refractivity contribution in [2.75, 3.05) is 12.4 Å². The van der Waals surface area contributed by atoms with Crippen molar-refractivity contribution in [1.82, 2.24) is 5.32 Å². The number of carbonyl (C=O) groups is 2. The Balaban J connectivity index is 1.98. The van der Waals surface area contributed by atoms with Crippen molar-refractivity contribution < 1.29 is 14.5 Å². The fraction of sp³-hybridized carbons (Fsp3) is 0.333. The van der Waals surface area contributed by atoms with E-state index in [4.69, 9.17) is 11.6 Å². The van der Waals surface area contributed by atoms with Crippen molar-refractivity contribution in [1.29, 1.82) is 0 Å². The van der Waals surface area contributed by atoms with E-state index in [2.05, 4.69) is 10.6 Å². The summed E-state index contributed by atoms with van der Waals surface area (Å²) in [6.45, 7) is 0. The number of non-ortho nitro benzene ring substituents is 1. The minimum Gasteiger partial charge on any atom is -0.355 e. The zero-order valence-corrected chi connectivity index (χ0v) is 16.2. The van der Waals surface area contributed by atoms with Gasteiger partial charge in [0.15, 0.2) is 0 Å². The van der Waals surface area contributed by atoms with E-state index in [1.807, 2.05) is 0 Å². The number of carbonyl (C=O) groups excluding carboxylic acids is 2. The third-order valence-corrected chi connectivity index (χ3v) is 6.04. The Hall–Kier alpha value is -2.45. The zero-order chi connectivity index (χ0) is 19.6. The van der Waals surface area contributed by atoms with Crippen LogP contribution in [0.15, 0.2) is 18.2 Å². The average molecular weight is 408 g/mol. The second kappa shape index (κ2) is 8.06. The van der Waals surface area contributed by atoms with Crippen LogP contribution in [0.3, 0.4) is 0 Å². The number of hydrogen-bond donors (Lipinski definition) is 2. The number of fused-ring (bicyclic) bond motifs is 1. The molecule has 1 aliphatic carbocycles. The number of aryl methyl sites for hydroxylation is 1. The summed E-state index contributed by atoms with van der Waals surface area (Å²) in [7, 11) is 1.55. The molecule has 2 amide bonds. The minimum atomic E-state index is -0.587. The molecule has 2 N–H and O–H groups in total. The molecule has 0 radical (unpaired) electrons. The number of nitrogens with one attached hydrogen (secondary N) is 2. The number of hydrogen-bond acceptors (Lipinski definition) is 5. The van der Waals surface area contributed by atoms with Crippen LogP contribution in [0.25, 0.3) is 0 Å².